The van der Waals surface area contributed by atoms with Crippen molar-refractivity contribution >= 4 is 17.7 Å². The Morgan fingerprint density at radius 1 is 1.07 bits per heavy atom. The van der Waals surface area contributed by atoms with E-state index in [2.05, 4.69) is 20.1 Å². The largest absolute Gasteiger partial charge is 0.497 e. The van der Waals surface area contributed by atoms with Gasteiger partial charge < -0.3 is 10.1 Å². The highest BCUT2D eigenvalue weighted by molar-refractivity contribution is 8.00. The number of hydrogen-bond acceptors (Lipinski definition) is 5. The Labute approximate surface area is 183 Å². The molecule has 1 heterocycles. The molecule has 0 aliphatic heterocycles. The molecule has 4 rings (SSSR count). The van der Waals surface area contributed by atoms with Crippen LogP contribution < -0.4 is 10.1 Å². The number of benzene rings is 1. The molecular formula is C23H32N4O2S. The van der Waals surface area contributed by atoms with Gasteiger partial charge >= 0.3 is 0 Å². The molecule has 162 valence electrons. The van der Waals surface area contributed by atoms with E-state index in [0.29, 0.717) is 12.1 Å². The standard InChI is InChI=1S/C23H32N4O2S/c1-16(22(28)24-18-8-6-7-9-18)30-23-26-25-21(17-12-14-20(29-2)15-13-17)27(23)19-10-4-3-5-11-19/h12-16,18-19H,3-11H2,1-2H3,(H,24,28)/t16-/m1/s1. The van der Waals surface area contributed by atoms with Crippen molar-refractivity contribution in [2.75, 3.05) is 7.11 Å². The number of hydrogen-bond donors (Lipinski definition) is 1. The van der Waals surface area contributed by atoms with E-state index in [1.807, 2.05) is 31.2 Å². The average molecular weight is 429 g/mol. The number of amides is 1. The molecule has 2 aliphatic rings. The fraction of sp³-hybridized carbons (Fsp3) is 0.609. The van der Waals surface area contributed by atoms with Gasteiger partial charge in [0.25, 0.3) is 0 Å². The Kier molecular flexibility index (Phi) is 6.97. The van der Waals surface area contributed by atoms with Crippen LogP contribution in [0.3, 0.4) is 0 Å². The molecule has 2 aliphatic carbocycles. The topological polar surface area (TPSA) is 69.0 Å². The SMILES string of the molecule is COc1ccc(-c2nnc(S[C@H](C)C(=O)NC3CCCC3)n2C2CCCCC2)cc1. The van der Waals surface area contributed by atoms with Crippen molar-refractivity contribution in [3.05, 3.63) is 24.3 Å². The summed E-state index contributed by atoms with van der Waals surface area (Å²) >= 11 is 1.53. The van der Waals surface area contributed by atoms with Crippen molar-refractivity contribution in [3.8, 4) is 17.1 Å². The zero-order chi connectivity index (χ0) is 20.9. The molecule has 1 N–H and O–H groups in total. The third-order valence-electron chi connectivity index (χ3n) is 6.31. The maximum absolute atomic E-state index is 12.7. The second kappa shape index (κ2) is 9.86. The summed E-state index contributed by atoms with van der Waals surface area (Å²) < 4.78 is 7.58. The summed E-state index contributed by atoms with van der Waals surface area (Å²) in [5, 5.41) is 13.0. The molecule has 7 heteroatoms. The van der Waals surface area contributed by atoms with Crippen molar-refractivity contribution in [2.24, 2.45) is 0 Å². The molecule has 0 spiro atoms. The van der Waals surface area contributed by atoms with Gasteiger partial charge in [-0.2, -0.15) is 0 Å². The number of nitrogens with one attached hydrogen (secondary N) is 1. The highest BCUT2D eigenvalue weighted by atomic mass is 32.2. The van der Waals surface area contributed by atoms with Crippen molar-refractivity contribution < 1.29 is 9.53 Å². The van der Waals surface area contributed by atoms with Crippen LogP contribution in [0.4, 0.5) is 0 Å². The van der Waals surface area contributed by atoms with E-state index in [-0.39, 0.29) is 11.2 Å². The number of thioether (sulfide) groups is 1. The van der Waals surface area contributed by atoms with Crippen LogP contribution in [-0.4, -0.2) is 39.1 Å². The minimum Gasteiger partial charge on any atom is -0.497 e. The Bertz CT molecular complexity index is 839. The van der Waals surface area contributed by atoms with Crippen LogP contribution in [-0.2, 0) is 4.79 Å². The van der Waals surface area contributed by atoms with E-state index in [4.69, 9.17) is 4.74 Å². The number of methoxy groups -OCH3 is 1. The molecule has 0 bridgehead atoms. The van der Waals surface area contributed by atoms with E-state index in [1.165, 1.54) is 43.9 Å². The molecule has 1 aromatic heterocycles. The minimum atomic E-state index is -0.194. The first-order chi connectivity index (χ1) is 14.7. The number of rotatable bonds is 7. The summed E-state index contributed by atoms with van der Waals surface area (Å²) in [5.41, 5.74) is 1.03. The lowest BCUT2D eigenvalue weighted by atomic mass is 9.95. The van der Waals surface area contributed by atoms with Gasteiger partial charge in [-0.3, -0.25) is 9.36 Å². The monoisotopic (exact) mass is 428 g/mol. The summed E-state index contributed by atoms with van der Waals surface area (Å²) in [7, 11) is 1.67. The first kappa shape index (κ1) is 21.2. The van der Waals surface area contributed by atoms with Crippen molar-refractivity contribution in [1.82, 2.24) is 20.1 Å². The quantitative estimate of drug-likeness (QED) is 0.629. The molecule has 1 atom stereocenters. The van der Waals surface area contributed by atoms with Crippen LogP contribution in [0.5, 0.6) is 5.75 Å². The third-order valence-corrected chi connectivity index (χ3v) is 7.36. The van der Waals surface area contributed by atoms with Crippen LogP contribution in [0.25, 0.3) is 11.4 Å². The molecule has 6 nitrogen and oxygen atoms in total. The molecule has 30 heavy (non-hydrogen) atoms. The first-order valence-electron chi connectivity index (χ1n) is 11.2. The van der Waals surface area contributed by atoms with E-state index in [0.717, 1.165) is 48.0 Å². The lowest BCUT2D eigenvalue weighted by Crippen LogP contribution is -2.37. The van der Waals surface area contributed by atoms with E-state index >= 15 is 0 Å². The fourth-order valence-electron chi connectivity index (χ4n) is 4.56. The molecule has 1 amide bonds. The zero-order valence-electron chi connectivity index (χ0n) is 18.0. The van der Waals surface area contributed by atoms with Gasteiger partial charge in [-0.05, 0) is 56.9 Å². The van der Waals surface area contributed by atoms with Crippen LogP contribution in [0, 0.1) is 0 Å². The summed E-state index contributed by atoms with van der Waals surface area (Å²) in [5.74, 6) is 1.82. The Morgan fingerprint density at radius 2 is 1.73 bits per heavy atom. The molecule has 2 saturated carbocycles. The van der Waals surface area contributed by atoms with Gasteiger partial charge in [-0.25, -0.2) is 0 Å². The maximum Gasteiger partial charge on any atom is 0.233 e. The van der Waals surface area contributed by atoms with E-state index in [1.54, 1.807) is 7.11 Å². The molecule has 2 fully saturated rings. The van der Waals surface area contributed by atoms with Crippen LogP contribution in [0.15, 0.2) is 29.4 Å². The fourth-order valence-corrected chi connectivity index (χ4v) is 5.49. The lowest BCUT2D eigenvalue weighted by Gasteiger charge is -2.26. The number of ether oxygens (including phenoxy) is 1. The van der Waals surface area contributed by atoms with Crippen molar-refractivity contribution in [2.45, 2.75) is 87.2 Å². The normalized spacial score (nSPS) is 19.0. The van der Waals surface area contributed by atoms with Crippen LogP contribution in [0.2, 0.25) is 0 Å². The van der Waals surface area contributed by atoms with Crippen molar-refractivity contribution in [1.29, 1.82) is 0 Å². The van der Waals surface area contributed by atoms with Gasteiger partial charge in [-0.15, -0.1) is 10.2 Å². The molecular weight excluding hydrogens is 396 g/mol. The van der Waals surface area contributed by atoms with Crippen molar-refractivity contribution in [3.63, 3.8) is 0 Å². The summed E-state index contributed by atoms with van der Waals surface area (Å²) in [6, 6.07) is 8.71. The summed E-state index contributed by atoms with van der Waals surface area (Å²) in [6.45, 7) is 1.97. The smallest absolute Gasteiger partial charge is 0.233 e. The highest BCUT2D eigenvalue weighted by Crippen LogP contribution is 2.37. The lowest BCUT2D eigenvalue weighted by molar-refractivity contribution is -0.120. The average Bonchev–Trinajstić information content (AvgIpc) is 3.44. The minimum absolute atomic E-state index is 0.107. The number of aromatic nitrogens is 3. The second-order valence-corrected chi connectivity index (χ2v) is 9.75. The zero-order valence-corrected chi connectivity index (χ0v) is 18.8. The maximum atomic E-state index is 12.7. The van der Waals surface area contributed by atoms with E-state index < -0.39 is 0 Å². The van der Waals surface area contributed by atoms with Gasteiger partial charge in [-0.1, -0.05) is 43.9 Å². The molecule has 0 saturated heterocycles. The highest BCUT2D eigenvalue weighted by Gasteiger charge is 2.27. The predicted molar refractivity (Wildman–Crippen MR) is 120 cm³/mol. The molecule has 0 unspecified atom stereocenters. The Balaban J connectivity index is 1.56. The Hall–Kier alpha value is -2.02. The summed E-state index contributed by atoms with van der Waals surface area (Å²) in [4.78, 5) is 12.7. The second-order valence-electron chi connectivity index (χ2n) is 8.45. The Morgan fingerprint density at radius 3 is 2.40 bits per heavy atom. The van der Waals surface area contributed by atoms with Gasteiger partial charge in [0, 0.05) is 17.6 Å². The summed E-state index contributed by atoms with van der Waals surface area (Å²) in [6.07, 6.45) is 10.7. The molecule has 0 radical (unpaired) electrons. The first-order valence-corrected chi connectivity index (χ1v) is 12.1. The number of carbonyl (C=O) groups is 1. The number of nitrogens with zero attached hydrogens (tertiary/aromatic N) is 3. The van der Waals surface area contributed by atoms with Crippen LogP contribution >= 0.6 is 11.8 Å². The third kappa shape index (κ3) is 4.82. The molecule has 2 aromatic rings. The van der Waals surface area contributed by atoms with Crippen LogP contribution in [0.1, 0.15) is 70.8 Å². The van der Waals surface area contributed by atoms with E-state index in [9.17, 15) is 4.79 Å². The van der Waals surface area contributed by atoms with Gasteiger partial charge in [0.2, 0.25) is 5.91 Å². The van der Waals surface area contributed by atoms with Gasteiger partial charge in [0.05, 0.1) is 12.4 Å². The number of carbonyl (C=O) groups excluding carboxylic acids is 1. The van der Waals surface area contributed by atoms with Gasteiger partial charge in [0.1, 0.15) is 5.75 Å². The van der Waals surface area contributed by atoms with Gasteiger partial charge in [0.15, 0.2) is 11.0 Å². The predicted octanol–water partition coefficient (Wildman–Crippen LogP) is 5.00. The molecule has 1 aromatic carbocycles.